The van der Waals surface area contributed by atoms with Gasteiger partial charge in [-0.05, 0) is 17.7 Å². The lowest BCUT2D eigenvalue weighted by Crippen LogP contribution is -1.92. The van der Waals surface area contributed by atoms with Crippen molar-refractivity contribution in [2.24, 2.45) is 0 Å². The van der Waals surface area contributed by atoms with E-state index in [4.69, 9.17) is 5.73 Å². The molecule has 0 aliphatic rings. The Kier molecular flexibility index (Phi) is 2.34. The number of benzene rings is 1. The van der Waals surface area contributed by atoms with Crippen molar-refractivity contribution in [3.63, 3.8) is 0 Å². The first-order chi connectivity index (χ1) is 8.33. The molecule has 5 nitrogen and oxygen atoms in total. The van der Waals surface area contributed by atoms with E-state index in [2.05, 4.69) is 15.3 Å². The van der Waals surface area contributed by atoms with Crippen LogP contribution in [0.3, 0.4) is 0 Å². The van der Waals surface area contributed by atoms with Gasteiger partial charge in [0, 0.05) is 17.4 Å². The van der Waals surface area contributed by atoms with E-state index in [9.17, 15) is 0 Å². The minimum absolute atomic E-state index is 0.742. The molecule has 1 aromatic carbocycles. The zero-order valence-corrected chi connectivity index (χ0v) is 9.63. The van der Waals surface area contributed by atoms with Gasteiger partial charge in [-0.3, -0.25) is 0 Å². The number of aromatic nitrogens is 4. The summed E-state index contributed by atoms with van der Waals surface area (Å²) in [5.74, 6) is 0. The van der Waals surface area contributed by atoms with Crippen LogP contribution >= 0.6 is 11.3 Å². The van der Waals surface area contributed by atoms with E-state index < -0.39 is 0 Å². The lowest BCUT2D eigenvalue weighted by atomic mass is 10.1. The Bertz CT molecular complexity index is 629. The lowest BCUT2D eigenvalue weighted by Gasteiger charge is -1.97. The first-order valence-electron chi connectivity index (χ1n) is 5.00. The number of nitrogens with two attached hydrogens (primary N) is 1. The Hall–Kier alpha value is -2.21. The Morgan fingerprint density at radius 3 is 2.94 bits per heavy atom. The fourth-order valence-corrected chi connectivity index (χ4v) is 2.05. The molecule has 0 aliphatic heterocycles. The van der Waals surface area contributed by atoms with Gasteiger partial charge in [0.05, 0.1) is 6.20 Å². The first-order valence-corrected chi connectivity index (χ1v) is 5.88. The highest BCUT2D eigenvalue weighted by Gasteiger charge is 2.05. The minimum Gasteiger partial charge on any atom is -0.399 e. The van der Waals surface area contributed by atoms with E-state index in [1.807, 2.05) is 30.5 Å². The van der Waals surface area contributed by atoms with Crippen molar-refractivity contribution in [1.29, 1.82) is 0 Å². The molecule has 2 aromatic heterocycles. The van der Waals surface area contributed by atoms with Crippen LogP contribution in [0.5, 0.6) is 0 Å². The average Bonchev–Trinajstić information content (AvgIpc) is 3.00. The lowest BCUT2D eigenvalue weighted by molar-refractivity contribution is 0.846. The fraction of sp³-hybridized carbons (Fsp3) is 0. The van der Waals surface area contributed by atoms with Gasteiger partial charge in [-0.25, -0.2) is 4.68 Å². The standard InChI is InChI=1S/C11H9N5S/c12-10-3-1-2-8(4-10)9-5-14-16(6-9)11-15-13-7-17-11/h1-7H,12H2. The van der Waals surface area contributed by atoms with Crippen molar-refractivity contribution in [1.82, 2.24) is 20.0 Å². The van der Waals surface area contributed by atoms with E-state index >= 15 is 0 Å². The summed E-state index contributed by atoms with van der Waals surface area (Å²) < 4.78 is 1.70. The van der Waals surface area contributed by atoms with Crippen LogP contribution in [0.15, 0.2) is 42.2 Å². The molecular weight excluding hydrogens is 234 g/mol. The molecule has 0 aliphatic carbocycles. The summed E-state index contributed by atoms with van der Waals surface area (Å²) in [6.45, 7) is 0. The van der Waals surface area contributed by atoms with Crippen LogP contribution in [0.2, 0.25) is 0 Å². The van der Waals surface area contributed by atoms with E-state index in [0.717, 1.165) is 21.9 Å². The SMILES string of the molecule is Nc1cccc(-c2cnn(-c3nncs3)c2)c1. The van der Waals surface area contributed by atoms with Crippen LogP contribution in [-0.4, -0.2) is 20.0 Å². The van der Waals surface area contributed by atoms with Gasteiger partial charge in [-0.2, -0.15) is 5.10 Å². The largest absolute Gasteiger partial charge is 0.399 e. The summed E-state index contributed by atoms with van der Waals surface area (Å²) in [5.41, 5.74) is 10.2. The van der Waals surface area contributed by atoms with Crippen molar-refractivity contribution in [2.45, 2.75) is 0 Å². The summed E-state index contributed by atoms with van der Waals surface area (Å²) in [4.78, 5) is 0. The molecule has 0 fully saturated rings. The Labute approximate surface area is 102 Å². The Morgan fingerprint density at radius 1 is 1.24 bits per heavy atom. The molecule has 84 valence electrons. The monoisotopic (exact) mass is 243 g/mol. The first kappa shape index (κ1) is 9.98. The molecule has 0 bridgehead atoms. The smallest absolute Gasteiger partial charge is 0.232 e. The molecule has 0 saturated carbocycles. The molecule has 2 heterocycles. The highest BCUT2D eigenvalue weighted by molar-refractivity contribution is 7.11. The predicted octanol–water partition coefficient (Wildman–Crippen LogP) is 1.97. The summed E-state index contributed by atoms with van der Waals surface area (Å²) in [7, 11) is 0. The number of nitrogen functional groups attached to an aromatic ring is 1. The third kappa shape index (κ3) is 1.90. The molecule has 6 heteroatoms. The maximum atomic E-state index is 5.75. The molecule has 3 aromatic rings. The number of rotatable bonds is 2. The third-order valence-corrected chi connectivity index (χ3v) is 3.03. The molecule has 3 rings (SSSR count). The second-order valence-corrected chi connectivity index (χ2v) is 4.33. The minimum atomic E-state index is 0.742. The van der Waals surface area contributed by atoms with Crippen molar-refractivity contribution >= 4 is 17.0 Å². The summed E-state index contributed by atoms with van der Waals surface area (Å²) >= 11 is 1.44. The molecule has 0 amide bonds. The van der Waals surface area contributed by atoms with E-state index in [1.165, 1.54) is 11.3 Å². The highest BCUT2D eigenvalue weighted by atomic mass is 32.1. The summed E-state index contributed by atoms with van der Waals surface area (Å²) in [6, 6.07) is 7.70. The van der Waals surface area contributed by atoms with Gasteiger partial charge >= 0.3 is 0 Å². The summed E-state index contributed by atoms with van der Waals surface area (Å²) in [5, 5.41) is 12.7. The molecule has 17 heavy (non-hydrogen) atoms. The van der Waals surface area contributed by atoms with Gasteiger partial charge in [0.25, 0.3) is 0 Å². The van der Waals surface area contributed by atoms with E-state index in [-0.39, 0.29) is 0 Å². The zero-order chi connectivity index (χ0) is 11.7. The topological polar surface area (TPSA) is 69.6 Å². The van der Waals surface area contributed by atoms with Gasteiger partial charge in [0.15, 0.2) is 0 Å². The number of nitrogens with zero attached hydrogens (tertiary/aromatic N) is 4. The maximum Gasteiger partial charge on any atom is 0.232 e. The normalized spacial score (nSPS) is 10.6. The molecule has 2 N–H and O–H groups in total. The van der Waals surface area contributed by atoms with Gasteiger partial charge in [0.2, 0.25) is 5.13 Å². The van der Waals surface area contributed by atoms with Crippen molar-refractivity contribution in [3.05, 3.63) is 42.2 Å². The third-order valence-electron chi connectivity index (χ3n) is 2.35. The molecule has 0 unspecified atom stereocenters. The molecule has 0 radical (unpaired) electrons. The fourth-order valence-electron chi connectivity index (χ4n) is 1.56. The predicted molar refractivity (Wildman–Crippen MR) is 66.9 cm³/mol. The van der Waals surface area contributed by atoms with Crippen LogP contribution in [0.25, 0.3) is 16.3 Å². The van der Waals surface area contributed by atoms with E-state index in [1.54, 1.807) is 16.4 Å². The molecule has 0 spiro atoms. The van der Waals surface area contributed by atoms with Crippen molar-refractivity contribution in [2.75, 3.05) is 5.73 Å². The number of hydrogen-bond acceptors (Lipinski definition) is 5. The van der Waals surface area contributed by atoms with Gasteiger partial charge in [-0.15, -0.1) is 10.2 Å². The zero-order valence-electron chi connectivity index (χ0n) is 8.82. The second kappa shape index (κ2) is 3.99. The number of hydrogen-bond donors (Lipinski definition) is 1. The van der Waals surface area contributed by atoms with Gasteiger partial charge in [0.1, 0.15) is 5.51 Å². The number of anilines is 1. The van der Waals surface area contributed by atoms with Gasteiger partial charge < -0.3 is 5.73 Å². The van der Waals surface area contributed by atoms with Crippen LogP contribution in [-0.2, 0) is 0 Å². The van der Waals surface area contributed by atoms with Crippen molar-refractivity contribution < 1.29 is 0 Å². The molecule has 0 atom stereocenters. The Balaban J connectivity index is 2.01. The van der Waals surface area contributed by atoms with Crippen LogP contribution < -0.4 is 5.73 Å². The van der Waals surface area contributed by atoms with Crippen LogP contribution in [0.1, 0.15) is 0 Å². The van der Waals surface area contributed by atoms with Crippen LogP contribution in [0, 0.1) is 0 Å². The van der Waals surface area contributed by atoms with Crippen molar-refractivity contribution in [3.8, 4) is 16.3 Å². The maximum absolute atomic E-state index is 5.75. The van der Waals surface area contributed by atoms with Gasteiger partial charge in [-0.1, -0.05) is 23.5 Å². The van der Waals surface area contributed by atoms with E-state index in [0.29, 0.717) is 0 Å². The summed E-state index contributed by atoms with van der Waals surface area (Å²) in [6.07, 6.45) is 3.70. The average molecular weight is 243 g/mol. The Morgan fingerprint density at radius 2 is 2.18 bits per heavy atom. The second-order valence-electron chi connectivity index (χ2n) is 3.52. The van der Waals surface area contributed by atoms with Crippen LogP contribution in [0.4, 0.5) is 5.69 Å². The quantitative estimate of drug-likeness (QED) is 0.699. The highest BCUT2D eigenvalue weighted by Crippen LogP contribution is 2.22. The molecule has 0 saturated heterocycles. The molecular formula is C11H9N5S.